The van der Waals surface area contributed by atoms with Crippen molar-refractivity contribution in [3.63, 3.8) is 0 Å². The standard InChI is InChI=1S/C20H19N3O5S/c1-3-28-16-10-5-4-9-15(16)23-19(26)18(25)22(20(23)27)12-17(24)21-13-7-6-8-14(11-13)29-2/h4-11H,3,12H2,1-2H3,(H,21,24). The second-order valence-corrected chi connectivity index (χ2v) is 6.87. The van der Waals surface area contributed by atoms with E-state index in [0.29, 0.717) is 22.9 Å². The quantitative estimate of drug-likeness (QED) is 0.426. The molecule has 0 spiro atoms. The molecule has 1 fully saturated rings. The number of hydrogen-bond acceptors (Lipinski definition) is 6. The van der Waals surface area contributed by atoms with E-state index in [1.165, 1.54) is 17.8 Å². The molecule has 0 atom stereocenters. The van der Waals surface area contributed by atoms with Gasteiger partial charge in [-0.1, -0.05) is 18.2 Å². The van der Waals surface area contributed by atoms with E-state index in [0.717, 1.165) is 9.80 Å². The average Bonchev–Trinajstić information content (AvgIpc) is 2.92. The second-order valence-electron chi connectivity index (χ2n) is 6.00. The van der Waals surface area contributed by atoms with Gasteiger partial charge in [0, 0.05) is 10.6 Å². The van der Waals surface area contributed by atoms with Crippen LogP contribution in [0.3, 0.4) is 0 Å². The third-order valence-electron chi connectivity index (χ3n) is 4.11. The highest BCUT2D eigenvalue weighted by atomic mass is 32.2. The lowest BCUT2D eigenvalue weighted by molar-refractivity contribution is -0.140. The Kier molecular flexibility index (Phi) is 6.18. The van der Waals surface area contributed by atoms with E-state index in [4.69, 9.17) is 4.74 Å². The Hall–Kier alpha value is -3.33. The number of hydrogen-bond donors (Lipinski definition) is 1. The fraction of sp³-hybridized carbons (Fsp3) is 0.200. The molecule has 1 aliphatic heterocycles. The number of carbonyl (C=O) groups is 4. The molecule has 29 heavy (non-hydrogen) atoms. The number of rotatable bonds is 7. The van der Waals surface area contributed by atoms with Crippen molar-refractivity contribution in [1.82, 2.24) is 4.90 Å². The minimum absolute atomic E-state index is 0.160. The molecule has 0 aliphatic carbocycles. The van der Waals surface area contributed by atoms with Gasteiger partial charge in [-0.05, 0) is 43.5 Å². The van der Waals surface area contributed by atoms with Gasteiger partial charge in [-0.25, -0.2) is 14.6 Å². The van der Waals surface area contributed by atoms with Crippen LogP contribution in [0.25, 0.3) is 0 Å². The van der Waals surface area contributed by atoms with Crippen LogP contribution in [0.2, 0.25) is 0 Å². The zero-order valence-corrected chi connectivity index (χ0v) is 16.7. The molecular formula is C20H19N3O5S. The number of carbonyl (C=O) groups excluding carboxylic acids is 4. The Morgan fingerprint density at radius 3 is 2.55 bits per heavy atom. The summed E-state index contributed by atoms with van der Waals surface area (Å²) >= 11 is 1.51. The molecule has 1 N–H and O–H groups in total. The third-order valence-corrected chi connectivity index (χ3v) is 4.84. The number of urea groups is 1. The number of imide groups is 2. The monoisotopic (exact) mass is 413 g/mol. The van der Waals surface area contributed by atoms with E-state index in [9.17, 15) is 19.2 Å². The van der Waals surface area contributed by atoms with E-state index < -0.39 is 30.3 Å². The molecule has 3 rings (SSSR count). The first-order chi connectivity index (χ1) is 14.0. The number of nitrogens with zero attached hydrogens (tertiary/aromatic N) is 2. The molecule has 1 saturated heterocycles. The Morgan fingerprint density at radius 2 is 1.83 bits per heavy atom. The van der Waals surface area contributed by atoms with Gasteiger partial charge in [0.25, 0.3) is 0 Å². The van der Waals surface area contributed by atoms with Crippen LogP contribution in [0.15, 0.2) is 53.4 Å². The van der Waals surface area contributed by atoms with Gasteiger partial charge in [0.2, 0.25) is 5.91 Å². The fourth-order valence-corrected chi connectivity index (χ4v) is 3.28. The molecule has 150 valence electrons. The summed E-state index contributed by atoms with van der Waals surface area (Å²) in [6.45, 7) is 1.51. The van der Waals surface area contributed by atoms with Crippen molar-refractivity contribution in [2.75, 3.05) is 29.6 Å². The average molecular weight is 413 g/mol. The predicted molar refractivity (Wildman–Crippen MR) is 109 cm³/mol. The summed E-state index contributed by atoms with van der Waals surface area (Å²) in [5, 5.41) is 2.63. The number of amides is 5. The maximum atomic E-state index is 12.7. The maximum Gasteiger partial charge on any atom is 0.339 e. The fourth-order valence-electron chi connectivity index (χ4n) is 2.82. The van der Waals surface area contributed by atoms with Gasteiger partial charge in [0.15, 0.2) is 0 Å². The third kappa shape index (κ3) is 4.24. The molecule has 2 aromatic rings. The molecule has 2 aromatic carbocycles. The number of thioether (sulfide) groups is 1. The largest absolute Gasteiger partial charge is 0.492 e. The summed E-state index contributed by atoms with van der Waals surface area (Å²) in [6, 6.07) is 12.7. The van der Waals surface area contributed by atoms with Crippen LogP contribution in [0.5, 0.6) is 5.75 Å². The molecule has 8 nitrogen and oxygen atoms in total. The van der Waals surface area contributed by atoms with Crippen molar-refractivity contribution >= 4 is 46.9 Å². The van der Waals surface area contributed by atoms with Gasteiger partial charge >= 0.3 is 17.8 Å². The SMILES string of the molecule is CCOc1ccccc1N1C(=O)C(=O)N(CC(=O)Nc2cccc(SC)c2)C1=O. The topological polar surface area (TPSA) is 96.0 Å². The van der Waals surface area contributed by atoms with Crippen molar-refractivity contribution in [1.29, 1.82) is 0 Å². The Labute approximate surface area is 171 Å². The smallest absolute Gasteiger partial charge is 0.339 e. The van der Waals surface area contributed by atoms with Gasteiger partial charge in [-0.2, -0.15) is 0 Å². The lowest BCUT2D eigenvalue weighted by atomic mass is 10.2. The number of ether oxygens (including phenoxy) is 1. The first kappa shape index (κ1) is 20.4. The van der Waals surface area contributed by atoms with Crippen LogP contribution < -0.4 is 15.0 Å². The highest BCUT2D eigenvalue weighted by molar-refractivity contribution is 7.98. The summed E-state index contributed by atoms with van der Waals surface area (Å²) in [5.41, 5.74) is 0.694. The van der Waals surface area contributed by atoms with Crippen molar-refractivity contribution in [3.05, 3.63) is 48.5 Å². The lowest BCUT2D eigenvalue weighted by Gasteiger charge is -2.18. The van der Waals surface area contributed by atoms with Crippen molar-refractivity contribution < 1.29 is 23.9 Å². The highest BCUT2D eigenvalue weighted by Gasteiger charge is 2.47. The molecule has 9 heteroatoms. The predicted octanol–water partition coefficient (Wildman–Crippen LogP) is 2.74. The van der Waals surface area contributed by atoms with E-state index in [1.54, 1.807) is 43.3 Å². The molecule has 0 unspecified atom stereocenters. The molecule has 0 radical (unpaired) electrons. The first-order valence-electron chi connectivity index (χ1n) is 8.82. The second kappa shape index (κ2) is 8.78. The van der Waals surface area contributed by atoms with E-state index >= 15 is 0 Å². The normalized spacial score (nSPS) is 13.8. The van der Waals surface area contributed by atoms with Gasteiger partial charge in [0.1, 0.15) is 12.3 Å². The summed E-state index contributed by atoms with van der Waals surface area (Å²) < 4.78 is 5.44. The van der Waals surface area contributed by atoms with Crippen LogP contribution in [-0.2, 0) is 14.4 Å². The van der Waals surface area contributed by atoms with Crippen LogP contribution in [0, 0.1) is 0 Å². The molecule has 1 heterocycles. The lowest BCUT2D eigenvalue weighted by Crippen LogP contribution is -2.39. The molecule has 0 aromatic heterocycles. The van der Waals surface area contributed by atoms with Gasteiger partial charge in [0.05, 0.1) is 12.3 Å². The minimum atomic E-state index is -1.06. The summed E-state index contributed by atoms with van der Waals surface area (Å²) in [7, 11) is 0. The van der Waals surface area contributed by atoms with Gasteiger partial charge < -0.3 is 10.1 Å². The minimum Gasteiger partial charge on any atom is -0.492 e. The Balaban J connectivity index is 1.77. The van der Waals surface area contributed by atoms with Gasteiger partial charge in [-0.15, -0.1) is 11.8 Å². The number of nitrogens with one attached hydrogen (secondary N) is 1. The maximum absolute atomic E-state index is 12.7. The zero-order chi connectivity index (χ0) is 21.0. The first-order valence-corrected chi connectivity index (χ1v) is 10.0. The van der Waals surface area contributed by atoms with Crippen molar-refractivity contribution in [2.45, 2.75) is 11.8 Å². The molecule has 0 bridgehead atoms. The highest BCUT2D eigenvalue weighted by Crippen LogP contribution is 2.31. The summed E-state index contributed by atoms with van der Waals surface area (Å²) in [4.78, 5) is 52.2. The number of benzene rings is 2. The van der Waals surface area contributed by atoms with Crippen LogP contribution in [0.1, 0.15) is 6.92 Å². The number of anilines is 2. The van der Waals surface area contributed by atoms with Crippen molar-refractivity contribution in [2.24, 2.45) is 0 Å². The Bertz CT molecular complexity index is 978. The van der Waals surface area contributed by atoms with Crippen LogP contribution in [0.4, 0.5) is 16.2 Å². The number of para-hydroxylation sites is 2. The van der Waals surface area contributed by atoms with E-state index in [1.807, 2.05) is 12.3 Å². The van der Waals surface area contributed by atoms with Crippen LogP contribution >= 0.6 is 11.8 Å². The zero-order valence-electron chi connectivity index (χ0n) is 15.9. The molecule has 5 amide bonds. The molecule has 1 aliphatic rings. The van der Waals surface area contributed by atoms with E-state index in [2.05, 4.69) is 5.32 Å². The Morgan fingerprint density at radius 1 is 1.07 bits per heavy atom. The van der Waals surface area contributed by atoms with Gasteiger partial charge in [-0.3, -0.25) is 14.4 Å². The summed E-state index contributed by atoms with van der Waals surface area (Å²) in [6.07, 6.45) is 1.91. The van der Waals surface area contributed by atoms with Crippen molar-refractivity contribution in [3.8, 4) is 5.75 Å². The van der Waals surface area contributed by atoms with Crippen LogP contribution in [-0.4, -0.2) is 48.1 Å². The molecular weight excluding hydrogens is 394 g/mol. The molecule has 0 saturated carbocycles. The summed E-state index contributed by atoms with van der Waals surface area (Å²) in [5.74, 6) is -2.38. The van der Waals surface area contributed by atoms with E-state index in [-0.39, 0.29) is 5.69 Å².